The molecule has 20 heavy (non-hydrogen) atoms. The summed E-state index contributed by atoms with van der Waals surface area (Å²) in [6, 6.07) is 6.79. The zero-order chi connectivity index (χ0) is 14.6. The Bertz CT molecular complexity index is 667. The van der Waals surface area contributed by atoms with Crippen LogP contribution in [0.1, 0.15) is 5.69 Å². The molecule has 0 aliphatic rings. The fraction of sp³-hybridized carbons (Fsp3) is 0.250. The molecule has 0 radical (unpaired) electrons. The zero-order valence-electron chi connectivity index (χ0n) is 10.7. The molecule has 0 aliphatic carbocycles. The second kappa shape index (κ2) is 5.91. The molecule has 0 saturated carbocycles. The van der Waals surface area contributed by atoms with Gasteiger partial charge in [-0.05, 0) is 31.2 Å². The Labute approximate surface area is 115 Å². The Kier molecular flexibility index (Phi) is 4.23. The van der Waals surface area contributed by atoms with Crippen LogP contribution in [0.4, 0.5) is 10.3 Å². The summed E-state index contributed by atoms with van der Waals surface area (Å²) in [5.74, 6) is -0.182. The van der Waals surface area contributed by atoms with Gasteiger partial charge in [0.05, 0.1) is 5.69 Å². The van der Waals surface area contributed by atoms with E-state index in [1.165, 1.54) is 30.3 Å². The molecule has 8 heteroatoms. The Morgan fingerprint density at radius 1 is 1.35 bits per heavy atom. The molecule has 0 fully saturated rings. The second-order valence-electron chi connectivity index (χ2n) is 4.06. The number of aromatic nitrogens is 1. The van der Waals surface area contributed by atoms with Gasteiger partial charge in [-0.2, -0.15) is 0 Å². The predicted octanol–water partition coefficient (Wildman–Crippen LogP) is 1.94. The van der Waals surface area contributed by atoms with Crippen LogP contribution < -0.4 is 9.46 Å². The van der Waals surface area contributed by atoms with Crippen molar-refractivity contribution in [2.24, 2.45) is 0 Å². The summed E-state index contributed by atoms with van der Waals surface area (Å²) in [6.07, 6.45) is 0. The number of anilines is 1. The van der Waals surface area contributed by atoms with Crippen molar-refractivity contribution < 1.29 is 22.1 Å². The Morgan fingerprint density at radius 3 is 2.65 bits per heavy atom. The molecule has 1 N–H and O–H groups in total. The van der Waals surface area contributed by atoms with Crippen molar-refractivity contribution in [3.05, 3.63) is 41.8 Å². The molecule has 108 valence electrons. The van der Waals surface area contributed by atoms with E-state index in [1.807, 2.05) is 0 Å². The van der Waals surface area contributed by atoms with Crippen molar-refractivity contribution in [2.75, 3.05) is 17.1 Å². The zero-order valence-corrected chi connectivity index (χ0v) is 11.5. The fourth-order valence-corrected chi connectivity index (χ4v) is 2.22. The van der Waals surface area contributed by atoms with E-state index >= 15 is 0 Å². The molecule has 0 aliphatic heterocycles. The molecule has 0 amide bonds. The van der Waals surface area contributed by atoms with Crippen LogP contribution >= 0.6 is 0 Å². The van der Waals surface area contributed by atoms with Gasteiger partial charge in [-0.25, -0.2) is 12.8 Å². The molecule has 2 rings (SSSR count). The summed E-state index contributed by atoms with van der Waals surface area (Å²) >= 11 is 0. The highest BCUT2D eigenvalue weighted by molar-refractivity contribution is 7.92. The molecule has 0 atom stereocenters. The number of halogens is 1. The number of hydrogen-bond donors (Lipinski definition) is 1. The Morgan fingerprint density at radius 2 is 2.05 bits per heavy atom. The van der Waals surface area contributed by atoms with Crippen molar-refractivity contribution in [1.82, 2.24) is 5.16 Å². The van der Waals surface area contributed by atoms with Crippen LogP contribution in [0.3, 0.4) is 0 Å². The lowest BCUT2D eigenvalue weighted by molar-refractivity contribution is 0.340. The normalized spacial score (nSPS) is 11.3. The highest BCUT2D eigenvalue weighted by Crippen LogP contribution is 2.12. The third-order valence-corrected chi connectivity index (χ3v) is 3.53. The molecule has 0 spiro atoms. The molecule has 0 saturated heterocycles. The lowest BCUT2D eigenvalue weighted by Gasteiger charge is -2.07. The molecule has 2 aromatic rings. The summed E-state index contributed by atoms with van der Waals surface area (Å²) in [5, 5.41) is 3.57. The smallest absolute Gasteiger partial charge is 0.238 e. The van der Waals surface area contributed by atoms with Crippen molar-refractivity contribution >= 4 is 15.9 Å². The first-order valence-corrected chi connectivity index (χ1v) is 7.42. The lowest BCUT2D eigenvalue weighted by atomic mass is 10.3. The average Bonchev–Trinajstić information content (AvgIpc) is 2.76. The monoisotopic (exact) mass is 300 g/mol. The number of sulfonamides is 1. The van der Waals surface area contributed by atoms with Crippen LogP contribution in [0.25, 0.3) is 0 Å². The van der Waals surface area contributed by atoms with Crippen LogP contribution in [0.2, 0.25) is 0 Å². The number of aryl methyl sites for hydroxylation is 1. The van der Waals surface area contributed by atoms with E-state index < -0.39 is 10.0 Å². The Balaban J connectivity index is 1.84. The number of hydrogen-bond acceptors (Lipinski definition) is 5. The Hall–Kier alpha value is -2.09. The van der Waals surface area contributed by atoms with Gasteiger partial charge in [0, 0.05) is 6.07 Å². The topological polar surface area (TPSA) is 81.4 Å². The van der Waals surface area contributed by atoms with Crippen molar-refractivity contribution in [3.8, 4) is 5.75 Å². The first-order chi connectivity index (χ1) is 9.44. The van der Waals surface area contributed by atoms with Crippen LogP contribution in [0.15, 0.2) is 34.9 Å². The first-order valence-electron chi connectivity index (χ1n) is 5.77. The fourth-order valence-electron chi connectivity index (χ4n) is 1.42. The van der Waals surface area contributed by atoms with E-state index in [0.717, 1.165) is 0 Å². The van der Waals surface area contributed by atoms with E-state index in [2.05, 4.69) is 9.88 Å². The highest BCUT2D eigenvalue weighted by atomic mass is 32.2. The maximum atomic E-state index is 12.7. The van der Waals surface area contributed by atoms with E-state index in [4.69, 9.17) is 9.26 Å². The van der Waals surface area contributed by atoms with Gasteiger partial charge >= 0.3 is 0 Å². The molecule has 1 aromatic heterocycles. The molecular weight excluding hydrogens is 287 g/mol. The van der Waals surface area contributed by atoms with Crippen LogP contribution in [0.5, 0.6) is 5.75 Å². The molecular formula is C12H13FN2O4S. The second-order valence-corrected chi connectivity index (χ2v) is 5.90. The molecule has 6 nitrogen and oxygen atoms in total. The van der Waals surface area contributed by atoms with E-state index in [-0.39, 0.29) is 24.1 Å². The van der Waals surface area contributed by atoms with Gasteiger partial charge in [-0.1, -0.05) is 5.16 Å². The first kappa shape index (κ1) is 14.3. The minimum Gasteiger partial charge on any atom is -0.492 e. The predicted molar refractivity (Wildman–Crippen MR) is 70.5 cm³/mol. The van der Waals surface area contributed by atoms with Gasteiger partial charge < -0.3 is 9.26 Å². The number of benzene rings is 1. The number of rotatable bonds is 6. The third kappa shape index (κ3) is 4.23. The van der Waals surface area contributed by atoms with Crippen molar-refractivity contribution in [1.29, 1.82) is 0 Å². The van der Waals surface area contributed by atoms with Gasteiger partial charge in [-0.15, -0.1) is 0 Å². The molecule has 1 heterocycles. The SMILES string of the molecule is Cc1cc(NS(=O)(=O)CCOc2ccc(F)cc2)on1. The summed E-state index contributed by atoms with van der Waals surface area (Å²) in [6.45, 7) is 1.62. The van der Waals surface area contributed by atoms with E-state index in [0.29, 0.717) is 11.4 Å². The standard InChI is InChI=1S/C12H13FN2O4S/c1-9-8-12(19-14-9)15-20(16,17)7-6-18-11-4-2-10(13)3-5-11/h2-5,8,15H,6-7H2,1H3. The largest absolute Gasteiger partial charge is 0.492 e. The summed E-state index contributed by atoms with van der Waals surface area (Å²) in [4.78, 5) is 0. The van der Waals surface area contributed by atoms with Crippen molar-refractivity contribution in [2.45, 2.75) is 6.92 Å². The lowest BCUT2D eigenvalue weighted by Crippen LogP contribution is -2.21. The summed E-state index contributed by atoms with van der Waals surface area (Å²) < 4.78 is 48.3. The van der Waals surface area contributed by atoms with E-state index in [1.54, 1.807) is 6.92 Å². The van der Waals surface area contributed by atoms with Crippen LogP contribution in [-0.2, 0) is 10.0 Å². The molecule has 1 aromatic carbocycles. The van der Waals surface area contributed by atoms with Gasteiger partial charge in [0.1, 0.15) is 23.9 Å². The minimum absolute atomic E-state index is 0.0595. The van der Waals surface area contributed by atoms with Gasteiger partial charge in [-0.3, -0.25) is 4.72 Å². The highest BCUT2D eigenvalue weighted by Gasteiger charge is 2.13. The summed E-state index contributed by atoms with van der Waals surface area (Å²) in [5.41, 5.74) is 0.574. The number of ether oxygens (including phenoxy) is 1. The quantitative estimate of drug-likeness (QED) is 0.881. The number of nitrogens with zero attached hydrogens (tertiary/aromatic N) is 1. The maximum absolute atomic E-state index is 12.7. The van der Waals surface area contributed by atoms with Gasteiger partial charge in [0.15, 0.2) is 0 Å². The van der Waals surface area contributed by atoms with Crippen molar-refractivity contribution in [3.63, 3.8) is 0 Å². The van der Waals surface area contributed by atoms with Gasteiger partial charge in [0.2, 0.25) is 15.9 Å². The maximum Gasteiger partial charge on any atom is 0.238 e. The number of nitrogens with one attached hydrogen (secondary N) is 1. The van der Waals surface area contributed by atoms with Crippen LogP contribution in [0, 0.1) is 12.7 Å². The minimum atomic E-state index is -3.58. The molecule has 0 unspecified atom stereocenters. The summed E-state index contributed by atoms with van der Waals surface area (Å²) in [7, 11) is -3.58. The third-order valence-electron chi connectivity index (χ3n) is 2.32. The van der Waals surface area contributed by atoms with E-state index in [9.17, 15) is 12.8 Å². The van der Waals surface area contributed by atoms with Crippen LogP contribution in [-0.4, -0.2) is 25.9 Å². The molecule has 0 bridgehead atoms. The van der Waals surface area contributed by atoms with Gasteiger partial charge in [0.25, 0.3) is 0 Å². The average molecular weight is 300 g/mol.